The van der Waals surface area contributed by atoms with Crippen LogP contribution >= 0.6 is 0 Å². The Kier molecular flexibility index (Phi) is 4.22. The number of hydrogen-bond acceptors (Lipinski definition) is 4. The lowest BCUT2D eigenvalue weighted by Crippen LogP contribution is -2.36. The number of esters is 1. The molecule has 1 unspecified atom stereocenters. The highest BCUT2D eigenvalue weighted by Gasteiger charge is 2.31. The molecular weight excluding hydrogens is 242 g/mol. The Bertz CT molecular complexity index is 425. The summed E-state index contributed by atoms with van der Waals surface area (Å²) in [5, 5.41) is 9.56. The topological polar surface area (TPSA) is 49.8 Å². The first-order valence-corrected chi connectivity index (χ1v) is 6.65. The molecule has 0 bridgehead atoms. The number of hydrogen-bond donors (Lipinski definition) is 1. The maximum absolute atomic E-state index is 11.6. The van der Waals surface area contributed by atoms with Gasteiger partial charge in [0.05, 0.1) is 0 Å². The van der Waals surface area contributed by atoms with Crippen LogP contribution in [0.3, 0.4) is 0 Å². The van der Waals surface area contributed by atoms with E-state index in [-0.39, 0.29) is 6.10 Å². The van der Waals surface area contributed by atoms with Crippen LogP contribution in [0.2, 0.25) is 0 Å². The Morgan fingerprint density at radius 2 is 2.11 bits per heavy atom. The smallest absolute Gasteiger partial charge is 0.337 e. The van der Waals surface area contributed by atoms with Crippen molar-refractivity contribution >= 4 is 5.97 Å². The monoisotopic (exact) mass is 263 g/mol. The average Bonchev–Trinajstić information content (AvgIpc) is 2.76. The first-order valence-electron chi connectivity index (χ1n) is 6.65. The van der Waals surface area contributed by atoms with Gasteiger partial charge in [-0.3, -0.25) is 4.90 Å². The highest BCUT2D eigenvalue weighted by Crippen LogP contribution is 2.18. The van der Waals surface area contributed by atoms with Gasteiger partial charge in [-0.1, -0.05) is 30.3 Å². The van der Waals surface area contributed by atoms with Crippen LogP contribution in [-0.4, -0.2) is 40.8 Å². The molecule has 104 valence electrons. The summed E-state index contributed by atoms with van der Waals surface area (Å²) in [6.07, 6.45) is 0.719. The third-order valence-electron chi connectivity index (χ3n) is 3.25. The molecule has 1 fully saturated rings. The zero-order valence-corrected chi connectivity index (χ0v) is 11.5. The average molecular weight is 263 g/mol. The number of likely N-dealkylation sites (tertiary alicyclic amines) is 1. The normalized spacial score (nSPS) is 20.5. The molecule has 4 nitrogen and oxygen atoms in total. The summed E-state index contributed by atoms with van der Waals surface area (Å²) in [5.74, 6) is -0.543. The molecule has 1 aromatic rings. The van der Waals surface area contributed by atoms with E-state index in [0.29, 0.717) is 0 Å². The molecule has 4 heteroatoms. The van der Waals surface area contributed by atoms with Crippen LogP contribution in [0.4, 0.5) is 0 Å². The van der Waals surface area contributed by atoms with Gasteiger partial charge in [0.1, 0.15) is 6.10 Å². The lowest BCUT2D eigenvalue weighted by Gasteiger charge is -2.20. The van der Waals surface area contributed by atoms with Crippen molar-refractivity contribution in [2.75, 3.05) is 13.1 Å². The Morgan fingerprint density at radius 1 is 1.42 bits per heavy atom. The van der Waals surface area contributed by atoms with E-state index in [0.717, 1.165) is 26.1 Å². The quantitative estimate of drug-likeness (QED) is 0.838. The highest BCUT2D eigenvalue weighted by molar-refractivity contribution is 5.78. The van der Waals surface area contributed by atoms with Crippen LogP contribution in [0.1, 0.15) is 25.8 Å². The lowest BCUT2D eigenvalue weighted by atomic mass is 10.1. The predicted octanol–water partition coefficient (Wildman–Crippen LogP) is 1.57. The second kappa shape index (κ2) is 5.72. The molecule has 0 amide bonds. The molecule has 1 heterocycles. The Morgan fingerprint density at radius 3 is 2.74 bits per heavy atom. The van der Waals surface area contributed by atoms with Crippen LogP contribution < -0.4 is 0 Å². The minimum Gasteiger partial charge on any atom is -0.459 e. The fourth-order valence-corrected chi connectivity index (χ4v) is 2.17. The molecule has 0 aromatic heterocycles. The Balaban J connectivity index is 1.82. The van der Waals surface area contributed by atoms with Crippen LogP contribution in [0.25, 0.3) is 0 Å². The van der Waals surface area contributed by atoms with Crippen molar-refractivity contribution in [2.45, 2.75) is 38.5 Å². The Hall–Kier alpha value is -1.39. The summed E-state index contributed by atoms with van der Waals surface area (Å²) in [7, 11) is 0. The summed E-state index contributed by atoms with van der Waals surface area (Å²) in [4.78, 5) is 13.9. The van der Waals surface area contributed by atoms with Gasteiger partial charge in [-0.25, -0.2) is 4.79 Å². The van der Waals surface area contributed by atoms with Crippen molar-refractivity contribution in [2.24, 2.45) is 0 Å². The number of ether oxygens (including phenoxy) is 1. The van der Waals surface area contributed by atoms with Gasteiger partial charge in [0.15, 0.2) is 5.60 Å². The molecule has 1 aliphatic rings. The number of benzene rings is 1. The largest absolute Gasteiger partial charge is 0.459 e. The van der Waals surface area contributed by atoms with Gasteiger partial charge >= 0.3 is 5.97 Å². The van der Waals surface area contributed by atoms with Gasteiger partial charge in [0.2, 0.25) is 0 Å². The zero-order chi connectivity index (χ0) is 13.9. The number of aliphatic hydroxyl groups is 1. The Labute approximate surface area is 114 Å². The molecule has 2 rings (SSSR count). The summed E-state index contributed by atoms with van der Waals surface area (Å²) in [6.45, 7) is 5.42. The van der Waals surface area contributed by atoms with Gasteiger partial charge in [-0.2, -0.15) is 0 Å². The van der Waals surface area contributed by atoms with Gasteiger partial charge < -0.3 is 9.84 Å². The fourth-order valence-electron chi connectivity index (χ4n) is 2.17. The van der Waals surface area contributed by atoms with Crippen molar-refractivity contribution in [3.05, 3.63) is 35.9 Å². The van der Waals surface area contributed by atoms with E-state index in [1.165, 1.54) is 19.4 Å². The second-order valence-corrected chi connectivity index (χ2v) is 5.60. The molecule has 0 spiro atoms. The third-order valence-corrected chi connectivity index (χ3v) is 3.25. The van der Waals surface area contributed by atoms with Gasteiger partial charge in [-0.05, 0) is 25.8 Å². The van der Waals surface area contributed by atoms with Crippen LogP contribution in [0, 0.1) is 0 Å². The highest BCUT2D eigenvalue weighted by atomic mass is 16.6. The zero-order valence-electron chi connectivity index (χ0n) is 11.5. The molecule has 1 aliphatic heterocycles. The van der Waals surface area contributed by atoms with Gasteiger partial charge in [0, 0.05) is 19.6 Å². The van der Waals surface area contributed by atoms with E-state index in [9.17, 15) is 9.90 Å². The summed E-state index contributed by atoms with van der Waals surface area (Å²) >= 11 is 0. The minimum absolute atomic E-state index is 0.109. The van der Waals surface area contributed by atoms with Crippen LogP contribution in [0.5, 0.6) is 0 Å². The molecule has 0 saturated carbocycles. The molecule has 1 saturated heterocycles. The first kappa shape index (κ1) is 14.0. The molecule has 1 N–H and O–H groups in total. The first-order chi connectivity index (χ1) is 8.95. The summed E-state index contributed by atoms with van der Waals surface area (Å²) in [6, 6.07) is 10.2. The standard InChI is InChI=1S/C15H21NO3/c1-15(2,18)14(17)19-13-8-9-16(11-13)10-12-6-4-3-5-7-12/h3-7,13,18H,8-11H2,1-2H3. The summed E-state index contributed by atoms with van der Waals surface area (Å²) < 4.78 is 5.31. The third kappa shape index (κ3) is 4.04. The second-order valence-electron chi connectivity index (χ2n) is 5.60. The van der Waals surface area contributed by atoms with E-state index >= 15 is 0 Å². The van der Waals surface area contributed by atoms with Crippen molar-refractivity contribution in [3.8, 4) is 0 Å². The molecule has 1 aromatic carbocycles. The molecular formula is C15H21NO3. The fraction of sp³-hybridized carbons (Fsp3) is 0.533. The molecule has 19 heavy (non-hydrogen) atoms. The number of carbonyl (C=O) groups excluding carboxylic acids is 1. The van der Waals surface area contributed by atoms with Crippen molar-refractivity contribution < 1.29 is 14.6 Å². The van der Waals surface area contributed by atoms with Gasteiger partial charge in [-0.15, -0.1) is 0 Å². The number of nitrogens with zero attached hydrogens (tertiary/aromatic N) is 1. The summed E-state index contributed by atoms with van der Waals surface area (Å²) in [5.41, 5.74) is -0.149. The SMILES string of the molecule is CC(C)(O)C(=O)OC1CCN(Cc2ccccc2)C1. The maximum Gasteiger partial charge on any atom is 0.337 e. The van der Waals surface area contributed by atoms with Crippen molar-refractivity contribution in [3.63, 3.8) is 0 Å². The maximum atomic E-state index is 11.6. The number of carbonyl (C=O) groups is 1. The lowest BCUT2D eigenvalue weighted by molar-refractivity contribution is -0.166. The van der Waals surface area contributed by atoms with E-state index in [2.05, 4.69) is 17.0 Å². The van der Waals surface area contributed by atoms with Crippen molar-refractivity contribution in [1.82, 2.24) is 4.90 Å². The molecule has 0 radical (unpaired) electrons. The van der Waals surface area contributed by atoms with E-state index in [1.54, 1.807) is 0 Å². The molecule has 0 aliphatic carbocycles. The minimum atomic E-state index is -1.41. The van der Waals surface area contributed by atoms with Crippen molar-refractivity contribution in [1.29, 1.82) is 0 Å². The van der Waals surface area contributed by atoms with Crippen LogP contribution in [-0.2, 0) is 16.1 Å². The number of rotatable bonds is 4. The van der Waals surface area contributed by atoms with E-state index < -0.39 is 11.6 Å². The van der Waals surface area contributed by atoms with E-state index in [4.69, 9.17) is 4.74 Å². The van der Waals surface area contributed by atoms with E-state index in [1.807, 2.05) is 18.2 Å². The molecule has 1 atom stereocenters. The van der Waals surface area contributed by atoms with Gasteiger partial charge in [0.25, 0.3) is 0 Å². The van der Waals surface area contributed by atoms with Crippen LogP contribution in [0.15, 0.2) is 30.3 Å². The predicted molar refractivity (Wildman–Crippen MR) is 72.5 cm³/mol.